The summed E-state index contributed by atoms with van der Waals surface area (Å²) in [6, 6.07) is 5.15. The fourth-order valence-electron chi connectivity index (χ4n) is 2.64. The van der Waals surface area contributed by atoms with Crippen molar-refractivity contribution in [3.05, 3.63) is 34.1 Å². The average molecular weight is 329 g/mol. The topological polar surface area (TPSA) is 15.3 Å². The minimum Gasteiger partial charge on any atom is -0.319 e. The molecule has 106 valence electrons. The van der Waals surface area contributed by atoms with Crippen molar-refractivity contribution < 1.29 is 4.39 Å². The zero-order valence-electron chi connectivity index (χ0n) is 11.7. The number of rotatable bonds is 7. The van der Waals surface area contributed by atoms with Gasteiger partial charge >= 0.3 is 0 Å². The lowest BCUT2D eigenvalue weighted by Gasteiger charge is -2.23. The van der Waals surface area contributed by atoms with Crippen LogP contribution in [0.1, 0.15) is 18.4 Å². The predicted molar refractivity (Wildman–Crippen MR) is 80.9 cm³/mol. The Morgan fingerprint density at radius 3 is 2.79 bits per heavy atom. The third-order valence-corrected chi connectivity index (χ3v) is 4.38. The van der Waals surface area contributed by atoms with Crippen LogP contribution in [0.2, 0.25) is 0 Å². The number of hydrogen-bond acceptors (Lipinski definition) is 2. The normalized spacial score (nSPS) is 16.9. The molecule has 0 unspecified atom stereocenters. The molecule has 2 nitrogen and oxygen atoms in total. The SMILES string of the molecule is CNCC1(CN(C)CCc2cc(Br)ccc2F)CC1. The fourth-order valence-corrected chi connectivity index (χ4v) is 3.05. The van der Waals surface area contributed by atoms with Gasteiger partial charge in [-0.05, 0) is 62.5 Å². The molecule has 0 radical (unpaired) electrons. The van der Waals surface area contributed by atoms with E-state index in [9.17, 15) is 4.39 Å². The highest BCUT2D eigenvalue weighted by Crippen LogP contribution is 2.45. The van der Waals surface area contributed by atoms with Gasteiger partial charge < -0.3 is 10.2 Å². The summed E-state index contributed by atoms with van der Waals surface area (Å²) < 4.78 is 14.6. The van der Waals surface area contributed by atoms with E-state index in [0.717, 1.165) is 36.1 Å². The van der Waals surface area contributed by atoms with E-state index in [1.165, 1.54) is 18.9 Å². The van der Waals surface area contributed by atoms with Crippen LogP contribution in [0.5, 0.6) is 0 Å². The standard InChI is InChI=1S/C15H22BrFN2/c1-18-10-15(6-7-15)11-19(2)8-5-12-9-13(16)3-4-14(12)17/h3-4,9,18H,5-8,10-11H2,1-2H3. The van der Waals surface area contributed by atoms with E-state index in [-0.39, 0.29) is 5.82 Å². The minimum absolute atomic E-state index is 0.104. The highest BCUT2D eigenvalue weighted by atomic mass is 79.9. The number of halogens is 2. The molecule has 0 heterocycles. The van der Waals surface area contributed by atoms with Gasteiger partial charge in [-0.2, -0.15) is 0 Å². The lowest BCUT2D eigenvalue weighted by molar-refractivity contribution is 0.261. The molecule has 0 amide bonds. The van der Waals surface area contributed by atoms with Crippen LogP contribution in [-0.2, 0) is 6.42 Å². The molecule has 0 spiro atoms. The summed E-state index contributed by atoms with van der Waals surface area (Å²) in [5.41, 5.74) is 1.26. The van der Waals surface area contributed by atoms with Crippen LogP contribution in [0.3, 0.4) is 0 Å². The third-order valence-electron chi connectivity index (χ3n) is 3.88. The molecule has 0 aromatic heterocycles. The van der Waals surface area contributed by atoms with Crippen LogP contribution in [0.15, 0.2) is 22.7 Å². The van der Waals surface area contributed by atoms with Crippen molar-refractivity contribution in [1.82, 2.24) is 10.2 Å². The monoisotopic (exact) mass is 328 g/mol. The Bertz CT molecular complexity index is 432. The van der Waals surface area contributed by atoms with Gasteiger partial charge in [0.2, 0.25) is 0 Å². The summed E-state index contributed by atoms with van der Waals surface area (Å²) in [4.78, 5) is 2.32. The molecule has 0 atom stereocenters. The molecule has 1 aromatic rings. The zero-order chi connectivity index (χ0) is 13.9. The second-order valence-corrected chi connectivity index (χ2v) is 6.67. The molecule has 1 fully saturated rings. The Morgan fingerprint density at radius 2 is 2.16 bits per heavy atom. The first-order valence-electron chi connectivity index (χ1n) is 6.82. The Balaban J connectivity index is 1.83. The molecule has 0 bridgehead atoms. The van der Waals surface area contributed by atoms with E-state index in [4.69, 9.17) is 0 Å². The van der Waals surface area contributed by atoms with Crippen LogP contribution in [0, 0.1) is 11.2 Å². The molecule has 1 N–H and O–H groups in total. The Morgan fingerprint density at radius 1 is 1.42 bits per heavy atom. The van der Waals surface area contributed by atoms with Crippen LogP contribution >= 0.6 is 15.9 Å². The van der Waals surface area contributed by atoms with Crippen molar-refractivity contribution in [2.75, 3.05) is 33.7 Å². The lowest BCUT2D eigenvalue weighted by Crippen LogP contribution is -2.34. The quantitative estimate of drug-likeness (QED) is 0.827. The highest BCUT2D eigenvalue weighted by molar-refractivity contribution is 9.10. The van der Waals surface area contributed by atoms with Gasteiger partial charge in [0.25, 0.3) is 0 Å². The molecule has 1 aliphatic rings. The van der Waals surface area contributed by atoms with E-state index < -0.39 is 0 Å². The van der Waals surface area contributed by atoms with Gasteiger partial charge in [-0.15, -0.1) is 0 Å². The summed E-state index contributed by atoms with van der Waals surface area (Å²) in [6.07, 6.45) is 3.38. The van der Waals surface area contributed by atoms with Crippen LogP contribution in [0.4, 0.5) is 4.39 Å². The molecule has 2 rings (SSSR count). The number of likely N-dealkylation sites (N-methyl/N-ethyl adjacent to an activating group) is 1. The van der Waals surface area contributed by atoms with E-state index in [0.29, 0.717) is 5.41 Å². The first kappa shape index (κ1) is 14.9. The lowest BCUT2D eigenvalue weighted by atomic mass is 10.1. The fraction of sp³-hybridized carbons (Fsp3) is 0.600. The van der Waals surface area contributed by atoms with Gasteiger partial charge in [0.15, 0.2) is 0 Å². The first-order valence-corrected chi connectivity index (χ1v) is 7.61. The summed E-state index contributed by atoms with van der Waals surface area (Å²) >= 11 is 3.39. The largest absolute Gasteiger partial charge is 0.319 e. The Kier molecular flexibility index (Phi) is 4.98. The molecule has 1 aromatic carbocycles. The number of nitrogens with one attached hydrogen (secondary N) is 1. The zero-order valence-corrected chi connectivity index (χ0v) is 13.3. The smallest absolute Gasteiger partial charge is 0.126 e. The third kappa shape index (κ3) is 4.26. The Labute approximate surface area is 123 Å². The van der Waals surface area contributed by atoms with Crippen LogP contribution in [-0.4, -0.2) is 38.6 Å². The van der Waals surface area contributed by atoms with Gasteiger partial charge in [-0.3, -0.25) is 0 Å². The van der Waals surface area contributed by atoms with E-state index in [1.807, 2.05) is 13.1 Å². The highest BCUT2D eigenvalue weighted by Gasteiger charge is 2.42. The summed E-state index contributed by atoms with van der Waals surface area (Å²) in [5, 5.41) is 3.27. The minimum atomic E-state index is -0.104. The van der Waals surface area contributed by atoms with Crippen LogP contribution in [0.25, 0.3) is 0 Å². The van der Waals surface area contributed by atoms with Crippen molar-refractivity contribution in [3.63, 3.8) is 0 Å². The second-order valence-electron chi connectivity index (χ2n) is 5.75. The number of hydrogen-bond donors (Lipinski definition) is 1. The average Bonchev–Trinajstić information content (AvgIpc) is 3.10. The van der Waals surface area contributed by atoms with Crippen molar-refractivity contribution in [2.45, 2.75) is 19.3 Å². The first-order chi connectivity index (χ1) is 9.04. The molecule has 0 saturated heterocycles. The van der Waals surface area contributed by atoms with Crippen molar-refractivity contribution in [2.24, 2.45) is 5.41 Å². The maximum absolute atomic E-state index is 13.6. The molecule has 19 heavy (non-hydrogen) atoms. The van der Waals surface area contributed by atoms with Crippen molar-refractivity contribution in [3.8, 4) is 0 Å². The maximum atomic E-state index is 13.6. The van der Waals surface area contributed by atoms with E-state index >= 15 is 0 Å². The molecule has 1 saturated carbocycles. The van der Waals surface area contributed by atoms with Gasteiger partial charge in [-0.25, -0.2) is 4.39 Å². The number of nitrogens with zero attached hydrogens (tertiary/aromatic N) is 1. The second kappa shape index (κ2) is 6.33. The molecule has 0 aliphatic heterocycles. The number of benzene rings is 1. The Hall–Kier alpha value is -0.450. The molecular weight excluding hydrogens is 307 g/mol. The summed E-state index contributed by atoms with van der Waals surface area (Å²) in [6.45, 7) is 3.09. The van der Waals surface area contributed by atoms with E-state index in [1.54, 1.807) is 6.07 Å². The van der Waals surface area contributed by atoms with Crippen molar-refractivity contribution >= 4 is 15.9 Å². The predicted octanol–water partition coefficient (Wildman–Crippen LogP) is 3.06. The maximum Gasteiger partial charge on any atom is 0.126 e. The van der Waals surface area contributed by atoms with Crippen LogP contribution < -0.4 is 5.32 Å². The van der Waals surface area contributed by atoms with Gasteiger partial charge in [0, 0.05) is 24.1 Å². The van der Waals surface area contributed by atoms with Gasteiger partial charge in [-0.1, -0.05) is 15.9 Å². The summed E-state index contributed by atoms with van der Waals surface area (Å²) in [7, 11) is 4.14. The van der Waals surface area contributed by atoms with E-state index in [2.05, 4.69) is 33.2 Å². The van der Waals surface area contributed by atoms with Crippen molar-refractivity contribution in [1.29, 1.82) is 0 Å². The summed E-state index contributed by atoms with van der Waals surface area (Å²) in [5.74, 6) is -0.104. The van der Waals surface area contributed by atoms with Gasteiger partial charge in [0.1, 0.15) is 5.82 Å². The molecule has 4 heteroatoms. The molecule has 1 aliphatic carbocycles. The molecular formula is C15H22BrFN2. The van der Waals surface area contributed by atoms with Gasteiger partial charge in [0.05, 0.1) is 0 Å².